The van der Waals surface area contributed by atoms with Crippen LogP contribution in [0.1, 0.15) is 9.67 Å². The first kappa shape index (κ1) is 9.48. The van der Waals surface area contributed by atoms with Crippen molar-refractivity contribution in [1.29, 1.82) is 0 Å². The molecule has 1 aromatic heterocycles. The lowest BCUT2D eigenvalue weighted by molar-refractivity contribution is -0.0189. The molecule has 2 N–H and O–H groups in total. The van der Waals surface area contributed by atoms with Crippen molar-refractivity contribution in [1.82, 2.24) is 4.90 Å². The summed E-state index contributed by atoms with van der Waals surface area (Å²) in [4.78, 5) is 14.2. The molecule has 1 aliphatic rings. The Morgan fingerprint density at radius 2 is 2.43 bits per heavy atom. The SMILES string of the molecule is COC1CN(C(=O)c2cc(N)cs2)C1. The van der Waals surface area contributed by atoms with E-state index in [0.717, 1.165) is 0 Å². The summed E-state index contributed by atoms with van der Waals surface area (Å²) in [6.45, 7) is 1.38. The van der Waals surface area contributed by atoms with Crippen LogP contribution in [0.25, 0.3) is 0 Å². The number of anilines is 1. The number of hydrogen-bond donors (Lipinski definition) is 1. The van der Waals surface area contributed by atoms with Crippen LogP contribution in [-0.4, -0.2) is 37.1 Å². The zero-order valence-corrected chi connectivity index (χ0v) is 8.71. The van der Waals surface area contributed by atoms with Gasteiger partial charge in [-0.15, -0.1) is 11.3 Å². The molecule has 0 aliphatic carbocycles. The van der Waals surface area contributed by atoms with Gasteiger partial charge in [-0.1, -0.05) is 0 Å². The standard InChI is InChI=1S/C9H12N2O2S/c1-13-7-3-11(4-7)9(12)8-2-6(10)5-14-8/h2,5,7H,3-4,10H2,1H3. The minimum absolute atomic E-state index is 0.0556. The van der Waals surface area contributed by atoms with E-state index >= 15 is 0 Å². The molecule has 4 nitrogen and oxygen atoms in total. The van der Waals surface area contributed by atoms with E-state index in [1.165, 1.54) is 11.3 Å². The minimum Gasteiger partial charge on any atom is -0.398 e. The number of carbonyl (C=O) groups is 1. The number of ether oxygens (including phenoxy) is 1. The average Bonchev–Trinajstić information content (AvgIpc) is 2.49. The van der Waals surface area contributed by atoms with Crippen molar-refractivity contribution in [2.75, 3.05) is 25.9 Å². The van der Waals surface area contributed by atoms with Gasteiger partial charge < -0.3 is 15.4 Å². The van der Waals surface area contributed by atoms with Crippen LogP contribution in [0.5, 0.6) is 0 Å². The molecular weight excluding hydrogens is 200 g/mol. The van der Waals surface area contributed by atoms with Gasteiger partial charge in [-0.3, -0.25) is 4.79 Å². The lowest BCUT2D eigenvalue weighted by Crippen LogP contribution is -2.54. The summed E-state index contributed by atoms with van der Waals surface area (Å²) in [6, 6.07) is 1.72. The summed E-state index contributed by atoms with van der Waals surface area (Å²) in [6.07, 6.45) is 0.205. The summed E-state index contributed by atoms with van der Waals surface area (Å²) in [5.41, 5.74) is 6.20. The van der Waals surface area contributed by atoms with Crippen LogP contribution in [0.15, 0.2) is 11.4 Å². The molecule has 1 amide bonds. The van der Waals surface area contributed by atoms with Gasteiger partial charge in [0, 0.05) is 31.3 Å². The van der Waals surface area contributed by atoms with E-state index in [1.807, 2.05) is 0 Å². The molecule has 14 heavy (non-hydrogen) atoms. The molecule has 0 aromatic carbocycles. The number of nitrogens with zero attached hydrogens (tertiary/aromatic N) is 1. The largest absolute Gasteiger partial charge is 0.398 e. The third-order valence-electron chi connectivity index (χ3n) is 2.30. The monoisotopic (exact) mass is 212 g/mol. The summed E-state index contributed by atoms with van der Waals surface area (Å²) in [7, 11) is 1.66. The van der Waals surface area contributed by atoms with Gasteiger partial charge in [0.05, 0.1) is 11.0 Å². The van der Waals surface area contributed by atoms with Gasteiger partial charge >= 0.3 is 0 Å². The molecule has 1 fully saturated rings. The molecule has 0 atom stereocenters. The number of hydrogen-bond acceptors (Lipinski definition) is 4. The highest BCUT2D eigenvalue weighted by atomic mass is 32.1. The Bertz CT molecular complexity index is 344. The first-order valence-electron chi connectivity index (χ1n) is 4.37. The van der Waals surface area contributed by atoms with E-state index in [9.17, 15) is 4.79 Å². The molecule has 0 saturated carbocycles. The van der Waals surface area contributed by atoms with Gasteiger partial charge in [0.15, 0.2) is 0 Å². The number of likely N-dealkylation sites (tertiary alicyclic amines) is 1. The molecule has 0 unspecified atom stereocenters. The van der Waals surface area contributed by atoms with Crippen LogP contribution in [-0.2, 0) is 4.74 Å². The van der Waals surface area contributed by atoms with Crippen LogP contribution in [0.2, 0.25) is 0 Å². The normalized spacial score (nSPS) is 16.8. The van der Waals surface area contributed by atoms with E-state index in [2.05, 4.69) is 0 Å². The molecular formula is C9H12N2O2S. The fraction of sp³-hybridized carbons (Fsp3) is 0.444. The molecule has 76 valence electrons. The average molecular weight is 212 g/mol. The smallest absolute Gasteiger partial charge is 0.264 e. The Kier molecular flexibility index (Phi) is 2.43. The van der Waals surface area contributed by atoms with Crippen LogP contribution in [0, 0.1) is 0 Å². The van der Waals surface area contributed by atoms with Crippen molar-refractivity contribution in [3.05, 3.63) is 16.3 Å². The predicted octanol–water partition coefficient (Wildman–Crippen LogP) is 0.801. The Hall–Kier alpha value is -1.07. The highest BCUT2D eigenvalue weighted by molar-refractivity contribution is 7.12. The molecule has 2 rings (SSSR count). The van der Waals surface area contributed by atoms with Crippen LogP contribution < -0.4 is 5.73 Å². The quantitative estimate of drug-likeness (QED) is 0.789. The Morgan fingerprint density at radius 3 is 2.93 bits per heavy atom. The number of nitrogen functional groups attached to an aromatic ring is 1. The minimum atomic E-state index is 0.0556. The van der Waals surface area contributed by atoms with Gasteiger partial charge in [-0.2, -0.15) is 0 Å². The van der Waals surface area contributed by atoms with Gasteiger partial charge in [0.1, 0.15) is 0 Å². The Morgan fingerprint density at radius 1 is 1.71 bits per heavy atom. The van der Waals surface area contributed by atoms with Gasteiger partial charge in [0.25, 0.3) is 5.91 Å². The number of methoxy groups -OCH3 is 1. The molecule has 1 aliphatic heterocycles. The van der Waals surface area contributed by atoms with E-state index in [0.29, 0.717) is 23.7 Å². The Labute approximate surface area is 86.3 Å². The fourth-order valence-electron chi connectivity index (χ4n) is 1.37. The van der Waals surface area contributed by atoms with Gasteiger partial charge in [-0.25, -0.2) is 0 Å². The second-order valence-corrected chi connectivity index (χ2v) is 4.22. The summed E-state index contributed by atoms with van der Waals surface area (Å²) in [5, 5.41) is 1.78. The van der Waals surface area contributed by atoms with E-state index in [1.54, 1.807) is 23.5 Å². The lowest BCUT2D eigenvalue weighted by Gasteiger charge is -2.37. The van der Waals surface area contributed by atoms with Crippen LogP contribution in [0.4, 0.5) is 5.69 Å². The lowest BCUT2D eigenvalue weighted by atomic mass is 10.1. The molecule has 1 saturated heterocycles. The second-order valence-electron chi connectivity index (χ2n) is 3.31. The predicted molar refractivity (Wildman–Crippen MR) is 55.4 cm³/mol. The zero-order valence-electron chi connectivity index (χ0n) is 7.90. The number of nitrogens with two attached hydrogens (primary N) is 1. The molecule has 0 radical (unpaired) electrons. The third kappa shape index (κ3) is 1.60. The van der Waals surface area contributed by atoms with Gasteiger partial charge in [-0.05, 0) is 6.07 Å². The van der Waals surface area contributed by atoms with E-state index in [-0.39, 0.29) is 12.0 Å². The first-order chi connectivity index (χ1) is 6.70. The number of rotatable bonds is 2. The van der Waals surface area contributed by atoms with Gasteiger partial charge in [0.2, 0.25) is 0 Å². The first-order valence-corrected chi connectivity index (χ1v) is 5.24. The molecule has 1 aromatic rings. The topological polar surface area (TPSA) is 55.6 Å². The number of amides is 1. The zero-order chi connectivity index (χ0) is 10.1. The summed E-state index contributed by atoms with van der Waals surface area (Å²) in [5.74, 6) is 0.0556. The van der Waals surface area contributed by atoms with Crippen molar-refractivity contribution in [2.45, 2.75) is 6.10 Å². The van der Waals surface area contributed by atoms with Crippen LogP contribution >= 0.6 is 11.3 Å². The van der Waals surface area contributed by atoms with Crippen molar-refractivity contribution in [3.8, 4) is 0 Å². The molecule has 0 spiro atoms. The van der Waals surface area contributed by atoms with Crippen molar-refractivity contribution < 1.29 is 9.53 Å². The van der Waals surface area contributed by atoms with E-state index < -0.39 is 0 Å². The van der Waals surface area contributed by atoms with Crippen molar-refractivity contribution >= 4 is 22.9 Å². The summed E-state index contributed by atoms with van der Waals surface area (Å²) >= 11 is 1.39. The maximum Gasteiger partial charge on any atom is 0.264 e. The van der Waals surface area contributed by atoms with Crippen molar-refractivity contribution in [3.63, 3.8) is 0 Å². The van der Waals surface area contributed by atoms with Crippen LogP contribution in [0.3, 0.4) is 0 Å². The Balaban J connectivity index is 1.97. The highest BCUT2D eigenvalue weighted by Crippen LogP contribution is 2.21. The molecule has 0 bridgehead atoms. The fourth-order valence-corrected chi connectivity index (χ4v) is 2.14. The number of thiophene rings is 1. The van der Waals surface area contributed by atoms with Crippen molar-refractivity contribution in [2.24, 2.45) is 0 Å². The second kappa shape index (κ2) is 3.59. The molecule has 5 heteroatoms. The maximum absolute atomic E-state index is 11.7. The number of carbonyl (C=O) groups excluding carboxylic acids is 1. The highest BCUT2D eigenvalue weighted by Gasteiger charge is 2.31. The third-order valence-corrected chi connectivity index (χ3v) is 3.24. The van der Waals surface area contributed by atoms with E-state index in [4.69, 9.17) is 10.5 Å². The molecule has 2 heterocycles. The summed E-state index contributed by atoms with van der Waals surface area (Å²) < 4.78 is 5.09. The maximum atomic E-state index is 11.7.